The fraction of sp³-hybridized carbons (Fsp3) is 0.370. The molecule has 0 radical (unpaired) electrons. The van der Waals surface area contributed by atoms with E-state index in [0.29, 0.717) is 18.3 Å². The van der Waals surface area contributed by atoms with Crippen LogP contribution in [0.15, 0.2) is 66.9 Å². The minimum atomic E-state index is -0.308. The quantitative estimate of drug-likeness (QED) is 0.507. The monoisotopic (exact) mass is 463 g/mol. The lowest BCUT2D eigenvalue weighted by Gasteiger charge is -2.33. The van der Waals surface area contributed by atoms with Crippen LogP contribution in [-0.2, 0) is 0 Å². The smallest absolute Gasteiger partial charge is 0.231 e. The van der Waals surface area contributed by atoms with Gasteiger partial charge in [0.25, 0.3) is 0 Å². The maximum Gasteiger partial charge on any atom is 0.231 e. The van der Waals surface area contributed by atoms with E-state index in [-0.39, 0.29) is 18.7 Å². The molecule has 3 heterocycles. The molecule has 5 rings (SSSR count). The summed E-state index contributed by atoms with van der Waals surface area (Å²) in [6, 6.07) is 18.7. The molecule has 0 amide bonds. The van der Waals surface area contributed by atoms with Crippen molar-refractivity contribution in [1.82, 2.24) is 15.2 Å². The molecule has 0 aliphatic carbocycles. The van der Waals surface area contributed by atoms with Crippen molar-refractivity contribution >= 4 is 0 Å². The third kappa shape index (κ3) is 5.48. The van der Waals surface area contributed by atoms with Crippen LogP contribution in [0.1, 0.15) is 30.1 Å². The van der Waals surface area contributed by atoms with E-state index < -0.39 is 0 Å². The number of pyridine rings is 1. The van der Waals surface area contributed by atoms with Crippen LogP contribution in [-0.4, -0.2) is 49.5 Å². The van der Waals surface area contributed by atoms with Gasteiger partial charge >= 0.3 is 0 Å². The Kier molecular flexibility index (Phi) is 7.22. The first-order valence-corrected chi connectivity index (χ1v) is 11.9. The molecule has 6 nitrogen and oxygen atoms in total. The molecule has 1 fully saturated rings. The van der Waals surface area contributed by atoms with E-state index in [2.05, 4.69) is 27.3 Å². The summed E-state index contributed by atoms with van der Waals surface area (Å²) in [6.07, 6.45) is 4.06. The van der Waals surface area contributed by atoms with Crippen LogP contribution in [0.2, 0.25) is 0 Å². The van der Waals surface area contributed by atoms with Crippen molar-refractivity contribution in [3.05, 3.63) is 83.9 Å². The molecule has 2 aliphatic heterocycles. The van der Waals surface area contributed by atoms with Crippen LogP contribution < -0.4 is 19.5 Å². The Morgan fingerprint density at radius 2 is 1.85 bits per heavy atom. The van der Waals surface area contributed by atoms with Crippen LogP contribution in [0.4, 0.5) is 4.39 Å². The fourth-order valence-electron chi connectivity index (χ4n) is 4.58. The van der Waals surface area contributed by atoms with Crippen molar-refractivity contribution in [2.45, 2.75) is 18.9 Å². The summed E-state index contributed by atoms with van der Waals surface area (Å²) in [5.74, 6) is 2.17. The molecule has 1 N–H and O–H groups in total. The lowest BCUT2D eigenvalue weighted by molar-refractivity contribution is 0.151. The Morgan fingerprint density at radius 3 is 2.68 bits per heavy atom. The number of piperidine rings is 1. The Balaban J connectivity index is 1.13. The Bertz CT molecular complexity index is 1070. The summed E-state index contributed by atoms with van der Waals surface area (Å²) in [4.78, 5) is 7.00. The number of nitrogens with zero attached hydrogens (tertiary/aromatic N) is 2. The second-order valence-corrected chi connectivity index (χ2v) is 8.77. The van der Waals surface area contributed by atoms with E-state index in [4.69, 9.17) is 14.2 Å². The van der Waals surface area contributed by atoms with Gasteiger partial charge in [0.2, 0.25) is 6.79 Å². The summed E-state index contributed by atoms with van der Waals surface area (Å²) < 4.78 is 30.4. The lowest BCUT2D eigenvalue weighted by atomic mass is 9.95. The summed E-state index contributed by atoms with van der Waals surface area (Å²) in [7, 11) is 0. The van der Waals surface area contributed by atoms with E-state index in [1.807, 2.05) is 30.5 Å². The molecule has 2 aromatic carbocycles. The van der Waals surface area contributed by atoms with Gasteiger partial charge in [0.1, 0.15) is 6.61 Å². The number of hydrogen-bond acceptors (Lipinski definition) is 6. The van der Waals surface area contributed by atoms with Gasteiger partial charge in [0.15, 0.2) is 23.1 Å². The van der Waals surface area contributed by atoms with Crippen molar-refractivity contribution in [3.63, 3.8) is 0 Å². The third-order valence-corrected chi connectivity index (χ3v) is 6.53. The highest BCUT2D eigenvalue weighted by atomic mass is 19.1. The summed E-state index contributed by atoms with van der Waals surface area (Å²) in [6.45, 7) is 4.52. The standard InChI is InChI=1S/C27H30FN3O3/c28-22-5-1-2-7-24(22)32-16-15-31-13-10-20(11-14-31)18-30-27(23-6-3-4-12-29-23)21-8-9-25-26(17-21)34-19-33-25/h1-9,12,17,20,27,30H,10-11,13-16,18-19H2. The van der Waals surface area contributed by atoms with Gasteiger partial charge in [-0.2, -0.15) is 0 Å². The van der Waals surface area contributed by atoms with E-state index in [1.54, 1.807) is 18.2 Å². The van der Waals surface area contributed by atoms with Gasteiger partial charge in [-0.1, -0.05) is 24.3 Å². The molecule has 1 aromatic heterocycles. The van der Waals surface area contributed by atoms with Crippen LogP contribution in [0.3, 0.4) is 0 Å². The van der Waals surface area contributed by atoms with Crippen molar-refractivity contribution in [2.24, 2.45) is 5.92 Å². The van der Waals surface area contributed by atoms with Crippen molar-refractivity contribution in [2.75, 3.05) is 39.6 Å². The van der Waals surface area contributed by atoms with Gasteiger partial charge in [-0.05, 0) is 80.4 Å². The number of para-hydroxylation sites is 1. The van der Waals surface area contributed by atoms with Crippen LogP contribution >= 0.6 is 0 Å². The molecule has 3 aromatic rings. The van der Waals surface area contributed by atoms with Crippen molar-refractivity contribution in [3.8, 4) is 17.2 Å². The molecule has 0 saturated carbocycles. The number of hydrogen-bond donors (Lipinski definition) is 1. The number of likely N-dealkylation sites (tertiary alicyclic amines) is 1. The molecule has 178 valence electrons. The number of rotatable bonds is 9. The average Bonchev–Trinajstić information content (AvgIpc) is 3.35. The largest absolute Gasteiger partial charge is 0.489 e. The summed E-state index contributed by atoms with van der Waals surface area (Å²) in [5, 5.41) is 3.76. The number of benzene rings is 2. The van der Waals surface area contributed by atoms with Gasteiger partial charge < -0.3 is 19.5 Å². The molecule has 34 heavy (non-hydrogen) atoms. The van der Waals surface area contributed by atoms with Crippen LogP contribution in [0, 0.1) is 11.7 Å². The van der Waals surface area contributed by atoms with Gasteiger partial charge in [-0.3, -0.25) is 9.88 Å². The predicted molar refractivity (Wildman–Crippen MR) is 128 cm³/mol. The minimum Gasteiger partial charge on any atom is -0.489 e. The molecule has 7 heteroatoms. The second-order valence-electron chi connectivity index (χ2n) is 8.77. The number of aromatic nitrogens is 1. The first kappa shape index (κ1) is 22.6. The van der Waals surface area contributed by atoms with Gasteiger partial charge in [-0.15, -0.1) is 0 Å². The maximum atomic E-state index is 13.7. The van der Waals surface area contributed by atoms with Crippen LogP contribution in [0.25, 0.3) is 0 Å². The van der Waals surface area contributed by atoms with Crippen LogP contribution in [0.5, 0.6) is 17.2 Å². The predicted octanol–water partition coefficient (Wildman–Crippen LogP) is 4.42. The zero-order chi connectivity index (χ0) is 23.2. The highest BCUT2D eigenvalue weighted by molar-refractivity contribution is 5.46. The Labute approximate surface area is 199 Å². The number of halogens is 1. The molecule has 1 atom stereocenters. The normalized spacial score (nSPS) is 17.0. The third-order valence-electron chi connectivity index (χ3n) is 6.53. The lowest BCUT2D eigenvalue weighted by Crippen LogP contribution is -2.40. The SMILES string of the molecule is Fc1ccccc1OCCN1CCC(CNC(c2ccc3c(c2)OCO3)c2ccccn2)CC1. The molecule has 1 unspecified atom stereocenters. The van der Waals surface area contributed by atoms with Gasteiger partial charge in [-0.25, -0.2) is 4.39 Å². The minimum absolute atomic E-state index is 0.0112. The van der Waals surface area contributed by atoms with Crippen molar-refractivity contribution in [1.29, 1.82) is 0 Å². The zero-order valence-electron chi connectivity index (χ0n) is 19.2. The number of ether oxygens (including phenoxy) is 3. The fourth-order valence-corrected chi connectivity index (χ4v) is 4.58. The highest BCUT2D eigenvalue weighted by Gasteiger charge is 2.23. The summed E-state index contributed by atoms with van der Waals surface area (Å²) in [5.41, 5.74) is 2.11. The second kappa shape index (κ2) is 10.8. The van der Waals surface area contributed by atoms with Gasteiger partial charge in [0, 0.05) is 12.7 Å². The molecule has 2 aliphatic rings. The molecule has 0 spiro atoms. The molecular weight excluding hydrogens is 433 g/mol. The Hall–Kier alpha value is -3.16. The number of fused-ring (bicyclic) bond motifs is 1. The number of nitrogens with one attached hydrogen (secondary N) is 1. The zero-order valence-corrected chi connectivity index (χ0v) is 19.2. The molecule has 1 saturated heterocycles. The van der Waals surface area contributed by atoms with E-state index in [1.165, 1.54) is 6.07 Å². The molecular formula is C27H30FN3O3. The van der Waals surface area contributed by atoms with E-state index in [0.717, 1.165) is 61.8 Å². The first-order chi connectivity index (χ1) is 16.8. The average molecular weight is 464 g/mol. The first-order valence-electron chi connectivity index (χ1n) is 11.9. The Morgan fingerprint density at radius 1 is 1.03 bits per heavy atom. The van der Waals surface area contributed by atoms with Gasteiger partial charge in [0.05, 0.1) is 11.7 Å². The summed E-state index contributed by atoms with van der Waals surface area (Å²) >= 11 is 0. The van der Waals surface area contributed by atoms with E-state index >= 15 is 0 Å². The maximum absolute atomic E-state index is 13.7. The highest BCUT2D eigenvalue weighted by Crippen LogP contribution is 2.35. The molecule has 0 bridgehead atoms. The topological polar surface area (TPSA) is 55.9 Å². The van der Waals surface area contributed by atoms with Crippen molar-refractivity contribution < 1.29 is 18.6 Å². The van der Waals surface area contributed by atoms with E-state index in [9.17, 15) is 4.39 Å².